The summed E-state index contributed by atoms with van der Waals surface area (Å²) in [6.07, 6.45) is 7.40. The molecule has 0 unspecified atom stereocenters. The largest absolute Gasteiger partial charge is 0.382 e. The maximum Gasteiger partial charge on any atom is 0.191 e. The Bertz CT molecular complexity index is 550. The molecule has 1 aliphatic rings. The second-order valence-electron chi connectivity index (χ2n) is 7.00. The summed E-state index contributed by atoms with van der Waals surface area (Å²) in [7, 11) is 1.85. The van der Waals surface area contributed by atoms with Crippen LogP contribution in [0.1, 0.15) is 54.6 Å². The number of hydrogen-bond donors (Lipinski definition) is 2. The Kier molecular flexibility index (Phi) is 8.16. The normalized spacial score (nSPS) is 17.0. The molecule has 0 amide bonds. The van der Waals surface area contributed by atoms with Crippen molar-refractivity contribution in [3.63, 3.8) is 0 Å². The van der Waals surface area contributed by atoms with Crippen LogP contribution in [0.3, 0.4) is 0 Å². The Hall–Kier alpha value is -1.14. The molecule has 0 aliphatic heterocycles. The molecule has 142 valence electrons. The van der Waals surface area contributed by atoms with Gasteiger partial charge in [0.1, 0.15) is 0 Å². The smallest absolute Gasteiger partial charge is 0.191 e. The topological polar surface area (TPSA) is 58.5 Å². The average Bonchev–Trinajstić information content (AvgIpc) is 3.18. The third-order valence-corrected chi connectivity index (χ3v) is 6.28. The lowest BCUT2D eigenvalue weighted by Crippen LogP contribution is -2.44. The van der Waals surface area contributed by atoms with E-state index >= 15 is 0 Å². The highest BCUT2D eigenvalue weighted by Crippen LogP contribution is 2.40. The van der Waals surface area contributed by atoms with Crippen molar-refractivity contribution in [1.82, 2.24) is 15.6 Å². The number of guanidine groups is 1. The SMILES string of the molecule is CCOCCC1(CNC(=NC)NCCc2sc(C)nc2C)CCCC1. The van der Waals surface area contributed by atoms with Gasteiger partial charge in [0.15, 0.2) is 5.96 Å². The second kappa shape index (κ2) is 10.1. The highest BCUT2D eigenvalue weighted by molar-refractivity contribution is 7.11. The number of thiazole rings is 1. The average molecular weight is 367 g/mol. The van der Waals surface area contributed by atoms with Crippen LogP contribution in [0.15, 0.2) is 4.99 Å². The number of aryl methyl sites for hydroxylation is 2. The van der Waals surface area contributed by atoms with Crippen LogP contribution in [-0.2, 0) is 11.2 Å². The highest BCUT2D eigenvalue weighted by atomic mass is 32.1. The van der Waals surface area contributed by atoms with Crippen molar-refractivity contribution in [3.8, 4) is 0 Å². The van der Waals surface area contributed by atoms with Gasteiger partial charge in [-0.05, 0) is 45.4 Å². The Balaban J connectivity index is 1.77. The van der Waals surface area contributed by atoms with E-state index in [1.165, 1.54) is 30.6 Å². The Morgan fingerprint density at radius 1 is 1.28 bits per heavy atom. The summed E-state index contributed by atoms with van der Waals surface area (Å²) in [4.78, 5) is 10.2. The van der Waals surface area contributed by atoms with Crippen molar-refractivity contribution in [2.45, 2.75) is 59.3 Å². The van der Waals surface area contributed by atoms with E-state index in [2.05, 4.69) is 41.4 Å². The van der Waals surface area contributed by atoms with Gasteiger partial charge in [-0.15, -0.1) is 11.3 Å². The van der Waals surface area contributed by atoms with E-state index in [4.69, 9.17) is 4.74 Å². The van der Waals surface area contributed by atoms with Crippen molar-refractivity contribution >= 4 is 17.3 Å². The van der Waals surface area contributed by atoms with Crippen LogP contribution in [0.2, 0.25) is 0 Å². The van der Waals surface area contributed by atoms with Gasteiger partial charge in [-0.1, -0.05) is 12.8 Å². The van der Waals surface area contributed by atoms with Gasteiger partial charge in [0, 0.05) is 44.6 Å². The molecule has 0 radical (unpaired) electrons. The lowest BCUT2D eigenvalue weighted by atomic mass is 9.83. The van der Waals surface area contributed by atoms with Crippen LogP contribution in [0.4, 0.5) is 0 Å². The summed E-state index contributed by atoms with van der Waals surface area (Å²) in [5, 5.41) is 8.15. The van der Waals surface area contributed by atoms with Crippen LogP contribution < -0.4 is 10.6 Å². The number of aliphatic imine (C=N–C) groups is 1. The summed E-state index contributed by atoms with van der Waals surface area (Å²) in [6.45, 7) is 9.77. The standard InChI is InChI=1S/C19H34N4OS/c1-5-24-13-11-19(9-6-7-10-19)14-22-18(20-4)21-12-8-17-15(2)23-16(3)25-17/h5-14H2,1-4H3,(H2,20,21,22). The monoisotopic (exact) mass is 366 g/mol. The predicted octanol–water partition coefficient (Wildman–Crippen LogP) is 3.45. The zero-order valence-corrected chi connectivity index (χ0v) is 17.1. The van der Waals surface area contributed by atoms with Gasteiger partial charge in [-0.3, -0.25) is 4.99 Å². The first-order chi connectivity index (χ1) is 12.1. The summed E-state index contributed by atoms with van der Waals surface area (Å²) in [5.74, 6) is 0.904. The molecular weight excluding hydrogens is 332 g/mol. The van der Waals surface area contributed by atoms with Gasteiger partial charge in [0.2, 0.25) is 0 Å². The van der Waals surface area contributed by atoms with Gasteiger partial charge < -0.3 is 15.4 Å². The first kappa shape index (κ1) is 20.2. The molecule has 2 N–H and O–H groups in total. The number of hydrogen-bond acceptors (Lipinski definition) is 4. The molecule has 0 atom stereocenters. The molecule has 0 saturated heterocycles. The molecular formula is C19H34N4OS. The molecule has 0 bridgehead atoms. The minimum Gasteiger partial charge on any atom is -0.382 e. The minimum atomic E-state index is 0.373. The zero-order chi connectivity index (χ0) is 18.1. The third kappa shape index (κ3) is 6.26. The van der Waals surface area contributed by atoms with Crippen molar-refractivity contribution in [2.24, 2.45) is 10.4 Å². The van der Waals surface area contributed by atoms with Crippen molar-refractivity contribution < 1.29 is 4.74 Å². The van der Waals surface area contributed by atoms with Gasteiger partial charge in [-0.25, -0.2) is 4.98 Å². The molecule has 0 aromatic carbocycles. The summed E-state index contributed by atoms with van der Waals surface area (Å²) >= 11 is 1.79. The van der Waals surface area contributed by atoms with Gasteiger partial charge in [0.05, 0.1) is 10.7 Å². The Morgan fingerprint density at radius 2 is 2.04 bits per heavy atom. The first-order valence-corrected chi connectivity index (χ1v) is 10.4. The lowest BCUT2D eigenvalue weighted by molar-refractivity contribution is 0.105. The third-order valence-electron chi connectivity index (χ3n) is 5.14. The maximum absolute atomic E-state index is 5.60. The van der Waals surface area contributed by atoms with Crippen LogP contribution in [0.5, 0.6) is 0 Å². The van der Waals surface area contributed by atoms with Crippen LogP contribution >= 0.6 is 11.3 Å². The van der Waals surface area contributed by atoms with E-state index in [1.54, 1.807) is 11.3 Å². The molecule has 0 spiro atoms. The number of aromatic nitrogens is 1. The molecule has 6 heteroatoms. The molecule has 2 rings (SSSR count). The van der Waals surface area contributed by atoms with Crippen molar-refractivity contribution in [2.75, 3.05) is 33.4 Å². The fraction of sp³-hybridized carbons (Fsp3) is 0.789. The number of nitrogens with one attached hydrogen (secondary N) is 2. The van der Waals surface area contributed by atoms with Gasteiger partial charge >= 0.3 is 0 Å². The van der Waals surface area contributed by atoms with E-state index < -0.39 is 0 Å². The summed E-state index contributed by atoms with van der Waals surface area (Å²) in [5.41, 5.74) is 1.53. The Morgan fingerprint density at radius 3 is 2.64 bits per heavy atom. The summed E-state index contributed by atoms with van der Waals surface area (Å²) in [6, 6.07) is 0. The summed E-state index contributed by atoms with van der Waals surface area (Å²) < 4.78 is 5.60. The van der Waals surface area contributed by atoms with Crippen LogP contribution in [-0.4, -0.2) is 44.3 Å². The quantitative estimate of drug-likeness (QED) is 0.399. The molecule has 5 nitrogen and oxygen atoms in total. The molecule has 1 aromatic rings. The minimum absolute atomic E-state index is 0.373. The lowest BCUT2D eigenvalue weighted by Gasteiger charge is -2.30. The number of nitrogens with zero attached hydrogens (tertiary/aromatic N) is 2. The number of rotatable bonds is 9. The molecule has 1 aromatic heterocycles. The highest BCUT2D eigenvalue weighted by Gasteiger charge is 2.33. The van der Waals surface area contributed by atoms with Crippen LogP contribution in [0.25, 0.3) is 0 Å². The molecule has 1 saturated carbocycles. The molecule has 1 aliphatic carbocycles. The fourth-order valence-corrected chi connectivity index (χ4v) is 4.60. The maximum atomic E-state index is 5.60. The second-order valence-corrected chi connectivity index (χ2v) is 8.29. The fourth-order valence-electron chi connectivity index (χ4n) is 3.66. The van der Waals surface area contributed by atoms with E-state index in [9.17, 15) is 0 Å². The van der Waals surface area contributed by atoms with E-state index in [0.717, 1.165) is 55.8 Å². The van der Waals surface area contributed by atoms with Crippen LogP contribution in [0, 0.1) is 19.3 Å². The predicted molar refractivity (Wildman–Crippen MR) is 107 cm³/mol. The van der Waals surface area contributed by atoms with Gasteiger partial charge in [-0.2, -0.15) is 0 Å². The number of ether oxygens (including phenoxy) is 1. The van der Waals surface area contributed by atoms with Crippen molar-refractivity contribution in [3.05, 3.63) is 15.6 Å². The zero-order valence-electron chi connectivity index (χ0n) is 16.3. The Labute approximate surface area is 156 Å². The molecule has 1 heterocycles. The van der Waals surface area contributed by atoms with E-state index in [1.807, 2.05) is 7.05 Å². The van der Waals surface area contributed by atoms with Crippen molar-refractivity contribution in [1.29, 1.82) is 0 Å². The molecule has 25 heavy (non-hydrogen) atoms. The van der Waals surface area contributed by atoms with Gasteiger partial charge in [0.25, 0.3) is 0 Å². The first-order valence-electron chi connectivity index (χ1n) is 9.54. The molecule has 1 fully saturated rings. The van der Waals surface area contributed by atoms with E-state index in [0.29, 0.717) is 5.41 Å². The van der Waals surface area contributed by atoms with E-state index in [-0.39, 0.29) is 0 Å².